The van der Waals surface area contributed by atoms with Crippen molar-refractivity contribution in [2.45, 2.75) is 0 Å². The summed E-state index contributed by atoms with van der Waals surface area (Å²) in [4.78, 5) is 3.71. The monoisotopic (exact) mass is 316 g/mol. The van der Waals surface area contributed by atoms with E-state index in [9.17, 15) is 8.42 Å². The maximum atomic E-state index is 11.2. The van der Waals surface area contributed by atoms with Crippen LogP contribution in [0.1, 0.15) is 0 Å². The summed E-state index contributed by atoms with van der Waals surface area (Å²) in [6.07, 6.45) is 0. The van der Waals surface area contributed by atoms with E-state index in [0.717, 1.165) is 9.88 Å². The Bertz CT molecular complexity index is 590. The number of nitrogens with two attached hydrogens (primary N) is 1. The van der Waals surface area contributed by atoms with Crippen molar-refractivity contribution in [3.63, 3.8) is 0 Å². The van der Waals surface area contributed by atoms with Crippen molar-refractivity contribution >= 4 is 30.9 Å². The normalized spacial score (nSPS) is 17.5. The molecule has 1 aromatic carbocycles. The summed E-state index contributed by atoms with van der Waals surface area (Å²) >= 11 is 3.30. The SMILES string of the molecule is NC1=NC(COc2ccc(Br)cc2)=CS1(=O)=O. The Morgan fingerprint density at radius 1 is 1.29 bits per heavy atom. The van der Waals surface area contributed by atoms with E-state index in [1.54, 1.807) is 12.1 Å². The molecule has 0 unspecified atom stereocenters. The Balaban J connectivity index is 2.03. The predicted octanol–water partition coefficient (Wildman–Crippen LogP) is 1.41. The van der Waals surface area contributed by atoms with Crippen LogP contribution in [0, 0.1) is 0 Å². The zero-order valence-corrected chi connectivity index (χ0v) is 11.0. The van der Waals surface area contributed by atoms with E-state index >= 15 is 0 Å². The van der Waals surface area contributed by atoms with Crippen LogP contribution in [0.5, 0.6) is 5.75 Å². The van der Waals surface area contributed by atoms with Gasteiger partial charge in [-0.25, -0.2) is 13.4 Å². The van der Waals surface area contributed by atoms with Crippen molar-refractivity contribution in [1.29, 1.82) is 0 Å². The van der Waals surface area contributed by atoms with Gasteiger partial charge in [0.05, 0.1) is 11.1 Å². The largest absolute Gasteiger partial charge is 0.487 e. The van der Waals surface area contributed by atoms with Crippen LogP contribution < -0.4 is 10.5 Å². The molecule has 17 heavy (non-hydrogen) atoms. The third-order valence-corrected chi connectivity index (χ3v) is 3.82. The summed E-state index contributed by atoms with van der Waals surface area (Å²) in [7, 11) is -3.51. The molecule has 0 amide bonds. The van der Waals surface area contributed by atoms with Crippen LogP contribution in [0.4, 0.5) is 0 Å². The Morgan fingerprint density at radius 2 is 1.94 bits per heavy atom. The molecule has 0 bridgehead atoms. The molecular formula is C10H9BrN2O3S. The minimum Gasteiger partial charge on any atom is -0.487 e. The van der Waals surface area contributed by atoms with Crippen molar-refractivity contribution in [2.75, 3.05) is 6.61 Å². The minimum absolute atomic E-state index is 0.0710. The first kappa shape index (κ1) is 12.1. The smallest absolute Gasteiger partial charge is 0.234 e. The van der Waals surface area contributed by atoms with Gasteiger partial charge in [0, 0.05) is 4.47 Å². The molecule has 0 radical (unpaired) electrons. The molecule has 0 saturated heterocycles. The number of rotatable bonds is 3. The number of hydrogen-bond acceptors (Lipinski definition) is 5. The van der Waals surface area contributed by atoms with Crippen LogP contribution in [-0.4, -0.2) is 20.2 Å². The van der Waals surface area contributed by atoms with Gasteiger partial charge in [-0.2, -0.15) is 0 Å². The Morgan fingerprint density at radius 3 is 2.47 bits per heavy atom. The van der Waals surface area contributed by atoms with E-state index in [4.69, 9.17) is 10.5 Å². The molecule has 2 N–H and O–H groups in total. The van der Waals surface area contributed by atoms with Crippen molar-refractivity contribution in [3.8, 4) is 5.75 Å². The number of nitrogens with zero attached hydrogens (tertiary/aromatic N) is 1. The van der Waals surface area contributed by atoms with Gasteiger partial charge in [0.1, 0.15) is 12.4 Å². The van der Waals surface area contributed by atoms with Gasteiger partial charge in [0.15, 0.2) is 0 Å². The number of benzene rings is 1. The first-order chi connectivity index (χ1) is 7.97. The summed E-state index contributed by atoms with van der Waals surface area (Å²) in [6, 6.07) is 7.18. The van der Waals surface area contributed by atoms with Gasteiger partial charge in [-0.1, -0.05) is 15.9 Å². The maximum absolute atomic E-state index is 11.2. The lowest BCUT2D eigenvalue weighted by molar-refractivity contribution is 0.351. The molecule has 1 heterocycles. The van der Waals surface area contributed by atoms with E-state index in [1.165, 1.54) is 0 Å². The molecule has 90 valence electrons. The number of amidine groups is 1. The van der Waals surface area contributed by atoms with Crippen molar-refractivity contribution in [1.82, 2.24) is 0 Å². The van der Waals surface area contributed by atoms with Gasteiger partial charge >= 0.3 is 0 Å². The highest BCUT2D eigenvalue weighted by Crippen LogP contribution is 2.18. The highest BCUT2D eigenvalue weighted by molar-refractivity contribution is 9.10. The van der Waals surface area contributed by atoms with Gasteiger partial charge in [0.25, 0.3) is 0 Å². The summed E-state index contributed by atoms with van der Waals surface area (Å²) < 4.78 is 28.8. The van der Waals surface area contributed by atoms with Crippen LogP contribution in [0.3, 0.4) is 0 Å². The first-order valence-electron chi connectivity index (χ1n) is 4.65. The van der Waals surface area contributed by atoms with E-state index in [1.807, 2.05) is 12.1 Å². The molecule has 0 spiro atoms. The van der Waals surface area contributed by atoms with E-state index < -0.39 is 9.84 Å². The lowest BCUT2D eigenvalue weighted by atomic mass is 10.3. The van der Waals surface area contributed by atoms with E-state index in [0.29, 0.717) is 11.4 Å². The number of aliphatic imine (C=N–C) groups is 1. The fourth-order valence-electron chi connectivity index (χ4n) is 1.23. The Labute approximate surface area is 107 Å². The van der Waals surface area contributed by atoms with Crippen LogP contribution in [0.25, 0.3) is 0 Å². The van der Waals surface area contributed by atoms with E-state index in [-0.39, 0.29) is 11.8 Å². The molecule has 0 aliphatic carbocycles. The zero-order valence-electron chi connectivity index (χ0n) is 8.63. The van der Waals surface area contributed by atoms with Crippen LogP contribution in [0.15, 0.2) is 44.8 Å². The van der Waals surface area contributed by atoms with Gasteiger partial charge in [-0.15, -0.1) is 0 Å². The second-order valence-corrected chi connectivity index (χ2v) is 6.01. The average Bonchev–Trinajstić information content (AvgIpc) is 2.52. The standard InChI is InChI=1S/C10H9BrN2O3S/c11-7-1-3-9(4-2-7)16-5-8-6-17(14,15)10(12)13-8/h1-4,6H,5H2,(H2,12,13). The van der Waals surface area contributed by atoms with Gasteiger partial charge in [0.2, 0.25) is 15.0 Å². The van der Waals surface area contributed by atoms with Crippen LogP contribution >= 0.6 is 15.9 Å². The predicted molar refractivity (Wildman–Crippen MR) is 68.3 cm³/mol. The highest BCUT2D eigenvalue weighted by Gasteiger charge is 2.21. The molecule has 0 aromatic heterocycles. The molecule has 2 rings (SSSR count). The number of sulfone groups is 1. The number of ether oxygens (including phenoxy) is 1. The lowest BCUT2D eigenvalue weighted by Gasteiger charge is -2.04. The Hall–Kier alpha value is -1.34. The molecule has 7 heteroatoms. The summed E-state index contributed by atoms with van der Waals surface area (Å²) in [5.41, 5.74) is 5.54. The van der Waals surface area contributed by atoms with Crippen LogP contribution in [0.2, 0.25) is 0 Å². The summed E-state index contributed by atoms with van der Waals surface area (Å²) in [5.74, 6) is 0.632. The molecule has 0 saturated carbocycles. The first-order valence-corrected chi connectivity index (χ1v) is 6.99. The molecular weight excluding hydrogens is 308 g/mol. The highest BCUT2D eigenvalue weighted by atomic mass is 79.9. The van der Waals surface area contributed by atoms with Gasteiger partial charge < -0.3 is 10.5 Å². The molecule has 0 fully saturated rings. The fraction of sp³-hybridized carbons (Fsp3) is 0.100. The Kier molecular flexibility index (Phi) is 3.21. The van der Waals surface area contributed by atoms with Crippen molar-refractivity contribution < 1.29 is 13.2 Å². The second kappa shape index (κ2) is 4.50. The number of halogens is 1. The van der Waals surface area contributed by atoms with Crippen molar-refractivity contribution in [3.05, 3.63) is 39.8 Å². The van der Waals surface area contributed by atoms with Gasteiger partial charge in [-0.3, -0.25) is 0 Å². The van der Waals surface area contributed by atoms with Gasteiger partial charge in [-0.05, 0) is 24.3 Å². The molecule has 0 atom stereocenters. The maximum Gasteiger partial charge on any atom is 0.234 e. The minimum atomic E-state index is -3.51. The second-order valence-electron chi connectivity index (χ2n) is 3.35. The topological polar surface area (TPSA) is 81.8 Å². The average molecular weight is 317 g/mol. The molecule has 1 aliphatic rings. The number of hydrogen-bond donors (Lipinski definition) is 1. The third-order valence-electron chi connectivity index (χ3n) is 2.04. The zero-order chi connectivity index (χ0) is 12.5. The van der Waals surface area contributed by atoms with E-state index in [2.05, 4.69) is 20.9 Å². The molecule has 1 aromatic rings. The fourth-order valence-corrected chi connectivity index (χ4v) is 2.33. The molecule has 5 nitrogen and oxygen atoms in total. The summed E-state index contributed by atoms with van der Waals surface area (Å²) in [6.45, 7) is 0.0710. The quantitative estimate of drug-likeness (QED) is 0.914. The van der Waals surface area contributed by atoms with Crippen LogP contribution in [-0.2, 0) is 9.84 Å². The third kappa shape index (κ3) is 2.86. The lowest BCUT2D eigenvalue weighted by Crippen LogP contribution is -2.18. The summed E-state index contributed by atoms with van der Waals surface area (Å²) in [5, 5.41) is 0.633. The molecule has 1 aliphatic heterocycles. The van der Waals surface area contributed by atoms with Crippen molar-refractivity contribution in [2.24, 2.45) is 10.7 Å².